The van der Waals surface area contributed by atoms with Gasteiger partial charge in [0.15, 0.2) is 0 Å². The van der Waals surface area contributed by atoms with Gasteiger partial charge in [0.05, 0.1) is 5.02 Å². The van der Waals surface area contributed by atoms with Crippen LogP contribution in [0.4, 0.5) is 4.39 Å². The fourth-order valence-corrected chi connectivity index (χ4v) is 5.30. The molecule has 0 spiro atoms. The molecule has 7 heteroatoms. The van der Waals surface area contributed by atoms with Crippen molar-refractivity contribution >= 4 is 21.6 Å². The summed E-state index contributed by atoms with van der Waals surface area (Å²) in [6.45, 7) is 8.65. The molecular formula is C16H24ClFN2O2S. The molecule has 1 aliphatic rings. The number of hydrogen-bond donors (Lipinski definition) is 0. The summed E-state index contributed by atoms with van der Waals surface area (Å²) >= 11 is 6.02. The van der Waals surface area contributed by atoms with Gasteiger partial charge in [-0.2, -0.15) is 4.31 Å². The summed E-state index contributed by atoms with van der Waals surface area (Å²) in [5, 5.41) is -0.0541. The first-order valence-corrected chi connectivity index (χ1v) is 9.82. The van der Waals surface area contributed by atoms with Gasteiger partial charge in [0, 0.05) is 19.1 Å². The second-order valence-corrected chi connectivity index (χ2v) is 8.20. The number of halogens is 2. The molecule has 1 aromatic rings. The van der Waals surface area contributed by atoms with Crippen molar-refractivity contribution in [2.75, 3.05) is 26.2 Å². The summed E-state index contributed by atoms with van der Waals surface area (Å²) in [5.41, 5.74) is 0.285. The Morgan fingerprint density at radius 1 is 1.35 bits per heavy atom. The Bertz CT molecular complexity index is 662. The Balaban J connectivity index is 2.33. The molecule has 1 aliphatic heterocycles. The van der Waals surface area contributed by atoms with Crippen LogP contribution in [0.2, 0.25) is 5.02 Å². The summed E-state index contributed by atoms with van der Waals surface area (Å²) in [7, 11) is -3.71. The van der Waals surface area contributed by atoms with Crippen molar-refractivity contribution in [1.29, 1.82) is 0 Å². The van der Waals surface area contributed by atoms with E-state index in [1.54, 1.807) is 6.92 Å². The van der Waals surface area contributed by atoms with Gasteiger partial charge in [-0.05, 0) is 50.6 Å². The number of sulfonamides is 1. The van der Waals surface area contributed by atoms with Gasteiger partial charge in [0.1, 0.15) is 10.7 Å². The van der Waals surface area contributed by atoms with Crippen LogP contribution in [0, 0.1) is 12.7 Å². The van der Waals surface area contributed by atoms with Gasteiger partial charge >= 0.3 is 0 Å². The molecule has 23 heavy (non-hydrogen) atoms. The zero-order valence-electron chi connectivity index (χ0n) is 13.8. The van der Waals surface area contributed by atoms with Crippen LogP contribution in [0.15, 0.2) is 17.0 Å². The van der Waals surface area contributed by atoms with Crippen LogP contribution in [-0.2, 0) is 10.0 Å². The molecule has 0 aromatic heterocycles. The van der Waals surface area contributed by atoms with E-state index in [9.17, 15) is 12.8 Å². The molecule has 0 aliphatic carbocycles. The molecule has 1 fully saturated rings. The van der Waals surface area contributed by atoms with E-state index in [0.29, 0.717) is 13.1 Å². The Hall–Kier alpha value is -0.690. The molecule has 1 aromatic carbocycles. The van der Waals surface area contributed by atoms with Crippen molar-refractivity contribution in [3.8, 4) is 0 Å². The molecular weight excluding hydrogens is 339 g/mol. The molecule has 1 saturated heterocycles. The second kappa shape index (κ2) is 7.47. The van der Waals surface area contributed by atoms with E-state index in [0.717, 1.165) is 32.0 Å². The maximum atomic E-state index is 13.6. The number of rotatable bonds is 6. The highest BCUT2D eigenvalue weighted by Gasteiger charge is 2.37. The topological polar surface area (TPSA) is 40.6 Å². The number of aryl methyl sites for hydroxylation is 1. The van der Waals surface area contributed by atoms with Gasteiger partial charge in [0.25, 0.3) is 0 Å². The van der Waals surface area contributed by atoms with Crippen molar-refractivity contribution in [3.05, 3.63) is 28.5 Å². The van der Waals surface area contributed by atoms with Crippen molar-refractivity contribution < 1.29 is 12.8 Å². The van der Waals surface area contributed by atoms with E-state index in [1.807, 2.05) is 0 Å². The molecule has 0 bridgehead atoms. The van der Waals surface area contributed by atoms with E-state index < -0.39 is 15.8 Å². The van der Waals surface area contributed by atoms with Gasteiger partial charge in [-0.1, -0.05) is 25.4 Å². The van der Waals surface area contributed by atoms with Gasteiger partial charge in [-0.3, -0.25) is 0 Å². The van der Waals surface area contributed by atoms with E-state index in [-0.39, 0.29) is 21.5 Å². The fourth-order valence-electron chi connectivity index (χ4n) is 3.04. The Kier molecular flexibility index (Phi) is 6.05. The van der Waals surface area contributed by atoms with Gasteiger partial charge < -0.3 is 4.90 Å². The lowest BCUT2D eigenvalue weighted by Crippen LogP contribution is -2.43. The normalized spacial score (nSPS) is 19.7. The smallest absolute Gasteiger partial charge is 0.244 e. The zero-order chi connectivity index (χ0) is 17.2. The molecule has 0 amide bonds. The first-order chi connectivity index (χ1) is 10.8. The van der Waals surface area contributed by atoms with Crippen LogP contribution < -0.4 is 0 Å². The van der Waals surface area contributed by atoms with E-state index >= 15 is 0 Å². The van der Waals surface area contributed by atoms with E-state index in [2.05, 4.69) is 18.7 Å². The van der Waals surface area contributed by atoms with Crippen LogP contribution in [0.5, 0.6) is 0 Å². The monoisotopic (exact) mass is 362 g/mol. The Labute approximate surface area is 143 Å². The van der Waals surface area contributed by atoms with Crippen LogP contribution in [0.3, 0.4) is 0 Å². The molecule has 1 unspecified atom stereocenters. The number of hydrogen-bond acceptors (Lipinski definition) is 3. The maximum Gasteiger partial charge on any atom is 0.244 e. The lowest BCUT2D eigenvalue weighted by molar-refractivity contribution is 0.237. The third-order valence-electron chi connectivity index (χ3n) is 4.49. The molecule has 1 heterocycles. The number of likely N-dealkylation sites (N-methyl/N-ethyl adjacent to an activating group) is 1. The maximum absolute atomic E-state index is 13.6. The van der Waals surface area contributed by atoms with Gasteiger partial charge in [0.2, 0.25) is 10.0 Å². The predicted octanol–water partition coefficient (Wildman–Crippen LogP) is 3.28. The predicted molar refractivity (Wildman–Crippen MR) is 90.8 cm³/mol. The molecule has 130 valence electrons. The molecule has 4 nitrogen and oxygen atoms in total. The Morgan fingerprint density at radius 2 is 2.00 bits per heavy atom. The molecule has 1 atom stereocenters. The summed E-state index contributed by atoms with van der Waals surface area (Å²) in [5.74, 6) is -0.491. The fraction of sp³-hybridized carbons (Fsp3) is 0.625. The van der Waals surface area contributed by atoms with Crippen LogP contribution in [0.1, 0.15) is 32.3 Å². The highest BCUT2D eigenvalue weighted by Crippen LogP contribution is 2.32. The molecule has 0 N–H and O–H groups in total. The minimum atomic E-state index is -3.71. The summed E-state index contributed by atoms with van der Waals surface area (Å²) in [4.78, 5) is 2.22. The zero-order valence-corrected chi connectivity index (χ0v) is 15.4. The third kappa shape index (κ3) is 3.87. The van der Waals surface area contributed by atoms with Crippen LogP contribution in [-0.4, -0.2) is 49.8 Å². The average Bonchev–Trinajstić information content (AvgIpc) is 2.97. The quantitative estimate of drug-likeness (QED) is 0.779. The summed E-state index contributed by atoms with van der Waals surface area (Å²) in [6.07, 6.45) is 1.68. The van der Waals surface area contributed by atoms with Crippen LogP contribution >= 0.6 is 11.6 Å². The summed E-state index contributed by atoms with van der Waals surface area (Å²) < 4.78 is 41.1. The second-order valence-electron chi connectivity index (χ2n) is 5.93. The van der Waals surface area contributed by atoms with Crippen LogP contribution in [0.25, 0.3) is 0 Å². The van der Waals surface area contributed by atoms with Crippen molar-refractivity contribution in [2.45, 2.75) is 44.6 Å². The molecule has 0 saturated carbocycles. The van der Waals surface area contributed by atoms with E-state index in [4.69, 9.17) is 11.6 Å². The SMILES string of the molecule is CCN(CC)CC1CCCN1S(=O)(=O)c1cc(C)c(F)cc1Cl. The van der Waals surface area contributed by atoms with Gasteiger partial charge in [-0.25, -0.2) is 12.8 Å². The largest absolute Gasteiger partial charge is 0.302 e. The summed E-state index contributed by atoms with van der Waals surface area (Å²) in [6, 6.07) is 2.36. The standard InChI is InChI=1S/C16H24ClFN2O2S/c1-4-19(5-2)11-13-7-6-8-20(13)23(21,22)16-9-12(3)15(18)10-14(16)17/h9-10,13H,4-8,11H2,1-3H3. The average molecular weight is 363 g/mol. The minimum Gasteiger partial charge on any atom is -0.302 e. The highest BCUT2D eigenvalue weighted by molar-refractivity contribution is 7.89. The third-order valence-corrected chi connectivity index (χ3v) is 6.90. The highest BCUT2D eigenvalue weighted by atomic mass is 35.5. The minimum absolute atomic E-state index is 0.00418. The molecule has 2 rings (SSSR count). The molecule has 0 radical (unpaired) electrons. The first kappa shape index (κ1) is 18.6. The van der Waals surface area contributed by atoms with E-state index in [1.165, 1.54) is 10.4 Å². The lowest BCUT2D eigenvalue weighted by atomic mass is 10.2. The Morgan fingerprint density at radius 3 is 2.61 bits per heavy atom. The lowest BCUT2D eigenvalue weighted by Gasteiger charge is -2.29. The number of benzene rings is 1. The van der Waals surface area contributed by atoms with Crippen molar-refractivity contribution in [3.63, 3.8) is 0 Å². The number of nitrogens with zero attached hydrogens (tertiary/aromatic N) is 2. The van der Waals surface area contributed by atoms with Crippen molar-refractivity contribution in [1.82, 2.24) is 9.21 Å². The van der Waals surface area contributed by atoms with Crippen molar-refractivity contribution in [2.24, 2.45) is 0 Å². The van der Waals surface area contributed by atoms with Gasteiger partial charge in [-0.15, -0.1) is 0 Å². The first-order valence-electron chi connectivity index (χ1n) is 8.01.